The van der Waals surface area contributed by atoms with Crippen LogP contribution in [0.25, 0.3) is 0 Å². The van der Waals surface area contributed by atoms with Gasteiger partial charge in [0.1, 0.15) is 18.1 Å². The lowest BCUT2D eigenvalue weighted by Gasteiger charge is -2.21. The molecule has 0 aliphatic carbocycles. The lowest BCUT2D eigenvalue weighted by atomic mass is 10.0. The molecule has 0 heterocycles. The summed E-state index contributed by atoms with van der Waals surface area (Å²) in [5.41, 5.74) is 2.35. The Balaban J connectivity index is 2.16. The fourth-order valence-corrected chi connectivity index (χ4v) is 2.33. The summed E-state index contributed by atoms with van der Waals surface area (Å²) in [7, 11) is 1.70. The molecule has 1 N–H and O–H groups in total. The first kappa shape index (κ1) is 15.4. The van der Waals surface area contributed by atoms with E-state index in [1.807, 2.05) is 36.4 Å². The van der Waals surface area contributed by atoms with Crippen molar-refractivity contribution in [2.24, 2.45) is 0 Å². The number of para-hydroxylation sites is 1. The lowest BCUT2D eigenvalue weighted by Crippen LogP contribution is -2.27. The standard InChI is InChI=1S/C18H23NO2/c1-4-19-17(13-21-15-8-6-5-7-9-15)16-12-14(2)10-11-18(16)20-3/h5-12,17,19H,4,13H2,1-3H3. The van der Waals surface area contributed by atoms with E-state index in [0.717, 1.165) is 23.6 Å². The van der Waals surface area contributed by atoms with Gasteiger partial charge in [-0.1, -0.05) is 42.8 Å². The van der Waals surface area contributed by atoms with Crippen LogP contribution in [0.5, 0.6) is 11.5 Å². The van der Waals surface area contributed by atoms with Crippen LogP contribution in [0.15, 0.2) is 48.5 Å². The van der Waals surface area contributed by atoms with Crippen molar-refractivity contribution in [2.75, 3.05) is 20.3 Å². The molecule has 1 unspecified atom stereocenters. The van der Waals surface area contributed by atoms with E-state index >= 15 is 0 Å². The van der Waals surface area contributed by atoms with Gasteiger partial charge in [0, 0.05) is 5.56 Å². The number of methoxy groups -OCH3 is 1. The summed E-state index contributed by atoms with van der Waals surface area (Å²) in [5.74, 6) is 1.77. The highest BCUT2D eigenvalue weighted by Gasteiger charge is 2.16. The summed E-state index contributed by atoms with van der Waals surface area (Å²) in [6.07, 6.45) is 0. The van der Waals surface area contributed by atoms with Crippen LogP contribution in [0.3, 0.4) is 0 Å². The van der Waals surface area contributed by atoms with Crippen LogP contribution in [-0.2, 0) is 0 Å². The van der Waals surface area contributed by atoms with Crippen LogP contribution in [0, 0.1) is 6.92 Å². The summed E-state index contributed by atoms with van der Waals surface area (Å²) in [6, 6.07) is 16.2. The first-order valence-electron chi connectivity index (χ1n) is 7.30. The Morgan fingerprint density at radius 1 is 1.10 bits per heavy atom. The van der Waals surface area contributed by atoms with Gasteiger partial charge < -0.3 is 14.8 Å². The van der Waals surface area contributed by atoms with E-state index in [4.69, 9.17) is 9.47 Å². The molecule has 0 bridgehead atoms. The predicted octanol–water partition coefficient (Wildman–Crippen LogP) is 3.73. The highest BCUT2D eigenvalue weighted by Crippen LogP contribution is 2.27. The van der Waals surface area contributed by atoms with E-state index in [1.165, 1.54) is 5.56 Å². The number of aryl methyl sites for hydroxylation is 1. The molecular formula is C18H23NO2. The Kier molecular flexibility index (Phi) is 5.64. The van der Waals surface area contributed by atoms with Gasteiger partial charge in [0.2, 0.25) is 0 Å². The minimum atomic E-state index is 0.102. The molecule has 3 nitrogen and oxygen atoms in total. The third kappa shape index (κ3) is 4.23. The van der Waals surface area contributed by atoms with E-state index in [1.54, 1.807) is 7.11 Å². The molecule has 21 heavy (non-hydrogen) atoms. The summed E-state index contributed by atoms with van der Waals surface area (Å²) in [6.45, 7) is 5.62. The number of nitrogens with one attached hydrogen (secondary N) is 1. The predicted molar refractivity (Wildman–Crippen MR) is 86.1 cm³/mol. The fourth-order valence-electron chi connectivity index (χ4n) is 2.33. The molecule has 112 valence electrons. The van der Waals surface area contributed by atoms with Crippen molar-refractivity contribution >= 4 is 0 Å². The maximum Gasteiger partial charge on any atom is 0.123 e. The summed E-state index contributed by atoms with van der Waals surface area (Å²) in [5, 5.41) is 3.47. The van der Waals surface area contributed by atoms with Gasteiger partial charge in [-0.25, -0.2) is 0 Å². The van der Waals surface area contributed by atoms with Crippen molar-refractivity contribution < 1.29 is 9.47 Å². The first-order valence-corrected chi connectivity index (χ1v) is 7.30. The van der Waals surface area contributed by atoms with Gasteiger partial charge in [0.15, 0.2) is 0 Å². The van der Waals surface area contributed by atoms with Gasteiger partial charge in [0.25, 0.3) is 0 Å². The van der Waals surface area contributed by atoms with Crippen LogP contribution in [0.2, 0.25) is 0 Å². The number of rotatable bonds is 7. The molecule has 0 fully saturated rings. The molecule has 0 aliphatic rings. The van der Waals surface area contributed by atoms with Gasteiger partial charge in [-0.3, -0.25) is 0 Å². The second kappa shape index (κ2) is 7.70. The zero-order valence-corrected chi connectivity index (χ0v) is 12.9. The molecule has 0 amide bonds. The minimum Gasteiger partial charge on any atom is -0.496 e. The molecule has 2 aromatic rings. The Morgan fingerprint density at radius 2 is 1.86 bits per heavy atom. The topological polar surface area (TPSA) is 30.5 Å². The molecule has 0 aliphatic heterocycles. The van der Waals surface area contributed by atoms with Crippen LogP contribution in [0.4, 0.5) is 0 Å². The molecule has 0 saturated carbocycles. The molecule has 3 heteroatoms. The SMILES string of the molecule is CCNC(COc1ccccc1)c1cc(C)ccc1OC. The maximum atomic E-state index is 5.90. The normalized spacial score (nSPS) is 12.0. The van der Waals surface area contributed by atoms with Crippen LogP contribution in [-0.4, -0.2) is 20.3 Å². The van der Waals surface area contributed by atoms with Crippen molar-refractivity contribution in [2.45, 2.75) is 19.9 Å². The van der Waals surface area contributed by atoms with Gasteiger partial charge in [-0.2, -0.15) is 0 Å². The molecular weight excluding hydrogens is 262 g/mol. The average Bonchev–Trinajstić information content (AvgIpc) is 2.52. The Labute approximate surface area is 126 Å². The quantitative estimate of drug-likeness (QED) is 0.840. The summed E-state index contributed by atoms with van der Waals surface area (Å²) < 4.78 is 11.4. The Bertz CT molecular complexity index is 554. The highest BCUT2D eigenvalue weighted by atomic mass is 16.5. The van der Waals surface area contributed by atoms with Crippen LogP contribution < -0.4 is 14.8 Å². The largest absolute Gasteiger partial charge is 0.496 e. The van der Waals surface area contributed by atoms with E-state index in [2.05, 4.69) is 31.3 Å². The minimum absolute atomic E-state index is 0.102. The Hall–Kier alpha value is -2.00. The molecule has 1 atom stereocenters. The number of benzene rings is 2. The van der Waals surface area contributed by atoms with Gasteiger partial charge in [0.05, 0.1) is 13.2 Å². The zero-order chi connectivity index (χ0) is 15.1. The summed E-state index contributed by atoms with van der Waals surface area (Å²) >= 11 is 0. The van der Waals surface area contributed by atoms with Crippen LogP contribution in [0.1, 0.15) is 24.1 Å². The van der Waals surface area contributed by atoms with Gasteiger partial charge >= 0.3 is 0 Å². The van der Waals surface area contributed by atoms with Gasteiger partial charge in [-0.05, 0) is 31.7 Å². The summed E-state index contributed by atoms with van der Waals surface area (Å²) in [4.78, 5) is 0. The third-order valence-corrected chi connectivity index (χ3v) is 3.37. The Morgan fingerprint density at radius 3 is 2.52 bits per heavy atom. The van der Waals surface area contributed by atoms with E-state index < -0.39 is 0 Å². The average molecular weight is 285 g/mol. The number of likely N-dealkylation sites (N-methyl/N-ethyl adjacent to an activating group) is 1. The molecule has 0 spiro atoms. The van der Waals surface area contributed by atoms with Crippen molar-refractivity contribution in [1.29, 1.82) is 0 Å². The molecule has 2 rings (SSSR count). The molecule has 0 radical (unpaired) electrons. The molecule has 0 aromatic heterocycles. The molecule has 2 aromatic carbocycles. The van der Waals surface area contributed by atoms with Gasteiger partial charge in [-0.15, -0.1) is 0 Å². The third-order valence-electron chi connectivity index (χ3n) is 3.37. The van der Waals surface area contributed by atoms with Crippen LogP contribution >= 0.6 is 0 Å². The van der Waals surface area contributed by atoms with Crippen molar-refractivity contribution in [1.82, 2.24) is 5.32 Å². The number of hydrogen-bond acceptors (Lipinski definition) is 3. The van der Waals surface area contributed by atoms with Crippen molar-refractivity contribution in [3.63, 3.8) is 0 Å². The number of ether oxygens (including phenoxy) is 2. The maximum absolute atomic E-state index is 5.90. The first-order chi connectivity index (χ1) is 10.2. The monoisotopic (exact) mass is 285 g/mol. The lowest BCUT2D eigenvalue weighted by molar-refractivity contribution is 0.264. The molecule has 0 saturated heterocycles. The van der Waals surface area contributed by atoms with Crippen molar-refractivity contribution in [3.05, 3.63) is 59.7 Å². The second-order valence-corrected chi connectivity index (χ2v) is 4.98. The van der Waals surface area contributed by atoms with E-state index in [-0.39, 0.29) is 6.04 Å². The smallest absolute Gasteiger partial charge is 0.123 e. The van der Waals surface area contributed by atoms with E-state index in [0.29, 0.717) is 6.61 Å². The van der Waals surface area contributed by atoms with E-state index in [9.17, 15) is 0 Å². The zero-order valence-electron chi connectivity index (χ0n) is 12.9. The fraction of sp³-hybridized carbons (Fsp3) is 0.333. The van der Waals surface area contributed by atoms with Crippen molar-refractivity contribution in [3.8, 4) is 11.5 Å². The highest BCUT2D eigenvalue weighted by molar-refractivity contribution is 5.39. The second-order valence-electron chi connectivity index (χ2n) is 4.98. The number of hydrogen-bond donors (Lipinski definition) is 1.